The lowest BCUT2D eigenvalue weighted by molar-refractivity contribution is -0.152. The number of carbonyl (C=O) groups excluding carboxylic acids is 1. The van der Waals surface area contributed by atoms with Crippen LogP contribution in [0.25, 0.3) is 0 Å². The summed E-state index contributed by atoms with van der Waals surface area (Å²) in [6, 6.07) is 0.693. The standard InChI is InChI=1S/C14H25NO4Si/c1-20(2,3)8-7-19-14(18)15-12-10-6-4-5-9(10)11(12)13(16)17/h9-12H,4-8H2,1-3H3,(H,15,18)(H,16,17)/t9?,10-,11?,12?/m0/s1. The van der Waals surface area contributed by atoms with Crippen LogP contribution in [0.5, 0.6) is 0 Å². The summed E-state index contributed by atoms with van der Waals surface area (Å²) in [5, 5.41) is 12.0. The molecule has 0 spiro atoms. The third-order valence-electron chi connectivity index (χ3n) is 4.59. The molecule has 0 radical (unpaired) electrons. The molecule has 5 nitrogen and oxygen atoms in total. The molecular formula is C14H25NO4Si. The number of nitrogens with one attached hydrogen (secondary N) is 1. The van der Waals surface area contributed by atoms with Crippen molar-refractivity contribution < 1.29 is 19.4 Å². The first kappa shape index (κ1) is 15.3. The van der Waals surface area contributed by atoms with E-state index in [1.807, 2.05) is 0 Å². The first-order valence-corrected chi connectivity index (χ1v) is 11.2. The average molecular weight is 299 g/mol. The van der Waals surface area contributed by atoms with Crippen molar-refractivity contribution in [3.63, 3.8) is 0 Å². The maximum atomic E-state index is 11.8. The van der Waals surface area contributed by atoms with Crippen molar-refractivity contribution in [3.8, 4) is 0 Å². The molecule has 0 aliphatic heterocycles. The molecule has 0 aromatic rings. The van der Waals surface area contributed by atoms with Gasteiger partial charge < -0.3 is 15.2 Å². The van der Waals surface area contributed by atoms with Crippen molar-refractivity contribution in [2.24, 2.45) is 17.8 Å². The maximum Gasteiger partial charge on any atom is 0.407 e. The van der Waals surface area contributed by atoms with Crippen LogP contribution < -0.4 is 5.32 Å². The molecular weight excluding hydrogens is 274 g/mol. The molecule has 3 unspecified atom stereocenters. The van der Waals surface area contributed by atoms with Crippen molar-refractivity contribution in [1.82, 2.24) is 5.32 Å². The Kier molecular flexibility index (Phi) is 4.42. The molecule has 0 bridgehead atoms. The van der Waals surface area contributed by atoms with Crippen molar-refractivity contribution >= 4 is 20.1 Å². The number of carbonyl (C=O) groups is 2. The summed E-state index contributed by atoms with van der Waals surface area (Å²) in [6.07, 6.45) is 2.62. The largest absolute Gasteiger partial charge is 0.481 e. The molecule has 2 N–H and O–H groups in total. The van der Waals surface area contributed by atoms with Crippen molar-refractivity contribution in [2.45, 2.75) is 51.0 Å². The van der Waals surface area contributed by atoms with Gasteiger partial charge in [-0.15, -0.1) is 0 Å². The molecule has 0 aromatic carbocycles. The average Bonchev–Trinajstić information content (AvgIpc) is 2.67. The lowest BCUT2D eigenvalue weighted by Gasteiger charge is -2.46. The second kappa shape index (κ2) is 5.75. The van der Waals surface area contributed by atoms with E-state index in [1.165, 1.54) is 0 Å². The number of fused-ring (bicyclic) bond motifs is 1. The van der Waals surface area contributed by atoms with E-state index >= 15 is 0 Å². The van der Waals surface area contributed by atoms with Gasteiger partial charge in [0.2, 0.25) is 0 Å². The van der Waals surface area contributed by atoms with Gasteiger partial charge in [-0.25, -0.2) is 4.79 Å². The highest BCUT2D eigenvalue weighted by Gasteiger charge is 2.56. The second-order valence-corrected chi connectivity index (χ2v) is 12.9. The first-order valence-electron chi connectivity index (χ1n) is 7.46. The van der Waals surface area contributed by atoms with Crippen LogP contribution in [-0.4, -0.2) is 37.9 Å². The molecule has 2 rings (SSSR count). The van der Waals surface area contributed by atoms with E-state index in [0.29, 0.717) is 12.5 Å². The molecule has 2 saturated carbocycles. The third-order valence-corrected chi connectivity index (χ3v) is 6.29. The minimum absolute atomic E-state index is 0.237. The normalized spacial score (nSPS) is 32.1. The molecule has 2 aliphatic carbocycles. The Hall–Kier alpha value is -1.04. The smallest absolute Gasteiger partial charge is 0.407 e. The van der Waals surface area contributed by atoms with Crippen LogP contribution in [0.2, 0.25) is 25.7 Å². The number of hydrogen-bond acceptors (Lipinski definition) is 3. The van der Waals surface area contributed by atoms with Gasteiger partial charge in [-0.1, -0.05) is 26.1 Å². The van der Waals surface area contributed by atoms with Gasteiger partial charge in [0.15, 0.2) is 0 Å². The zero-order valence-electron chi connectivity index (χ0n) is 12.5. The zero-order chi connectivity index (χ0) is 14.9. The number of rotatable bonds is 5. The van der Waals surface area contributed by atoms with Crippen LogP contribution in [-0.2, 0) is 9.53 Å². The predicted octanol–water partition coefficient (Wildman–Crippen LogP) is 2.55. The van der Waals surface area contributed by atoms with E-state index in [9.17, 15) is 14.7 Å². The molecule has 2 fully saturated rings. The maximum absolute atomic E-state index is 11.8. The fraction of sp³-hybridized carbons (Fsp3) is 0.857. The number of ether oxygens (including phenoxy) is 1. The minimum atomic E-state index is -1.21. The van der Waals surface area contributed by atoms with E-state index in [-0.39, 0.29) is 12.0 Å². The Labute approximate surface area is 121 Å². The minimum Gasteiger partial charge on any atom is -0.481 e. The quantitative estimate of drug-likeness (QED) is 0.765. The first-order chi connectivity index (χ1) is 9.29. The molecule has 2 aliphatic rings. The van der Waals surface area contributed by atoms with Crippen molar-refractivity contribution in [2.75, 3.05) is 6.61 Å². The summed E-state index contributed by atoms with van der Waals surface area (Å²) in [4.78, 5) is 23.1. The number of hydrogen-bond donors (Lipinski definition) is 2. The molecule has 114 valence electrons. The fourth-order valence-electron chi connectivity index (χ4n) is 3.46. The molecule has 4 atom stereocenters. The molecule has 1 amide bonds. The zero-order valence-corrected chi connectivity index (χ0v) is 13.5. The summed E-state index contributed by atoms with van der Waals surface area (Å²) in [7, 11) is -1.21. The molecule has 6 heteroatoms. The van der Waals surface area contributed by atoms with Gasteiger partial charge in [-0.3, -0.25) is 4.79 Å². The van der Waals surface area contributed by atoms with E-state index in [0.717, 1.165) is 25.3 Å². The lowest BCUT2D eigenvalue weighted by Crippen LogP contribution is -2.60. The van der Waals surface area contributed by atoms with Gasteiger partial charge in [0.25, 0.3) is 0 Å². The second-order valence-electron chi connectivity index (χ2n) is 7.24. The number of amides is 1. The van der Waals surface area contributed by atoms with Gasteiger partial charge in [0.1, 0.15) is 0 Å². The predicted molar refractivity (Wildman–Crippen MR) is 78.4 cm³/mol. The summed E-state index contributed by atoms with van der Waals surface area (Å²) >= 11 is 0. The number of alkyl carbamates (subject to hydrolysis) is 1. The number of aliphatic carboxylic acids is 1. The Balaban J connectivity index is 1.80. The summed E-state index contributed by atoms with van der Waals surface area (Å²) in [5.74, 6) is -0.631. The van der Waals surface area contributed by atoms with Crippen LogP contribution >= 0.6 is 0 Å². The lowest BCUT2D eigenvalue weighted by atomic mass is 9.62. The third kappa shape index (κ3) is 3.34. The Morgan fingerprint density at radius 3 is 2.50 bits per heavy atom. The van der Waals surface area contributed by atoms with Gasteiger partial charge in [-0.2, -0.15) is 0 Å². The van der Waals surface area contributed by atoms with Crippen LogP contribution in [0.3, 0.4) is 0 Å². The van der Waals surface area contributed by atoms with Gasteiger partial charge in [0, 0.05) is 14.1 Å². The van der Waals surface area contributed by atoms with Gasteiger partial charge in [-0.05, 0) is 30.7 Å². The van der Waals surface area contributed by atoms with E-state index in [1.54, 1.807) is 0 Å². The SMILES string of the molecule is C[Si](C)(C)CCOC(=O)NC1C(C(=O)O)C2CCC[C@@H]21. The molecule has 0 heterocycles. The van der Waals surface area contributed by atoms with Crippen LogP contribution in [0.15, 0.2) is 0 Å². The molecule has 20 heavy (non-hydrogen) atoms. The summed E-state index contributed by atoms with van der Waals surface area (Å²) in [5.41, 5.74) is 0. The molecule has 0 aromatic heterocycles. The monoisotopic (exact) mass is 299 g/mol. The highest BCUT2D eigenvalue weighted by molar-refractivity contribution is 6.76. The highest BCUT2D eigenvalue weighted by atomic mass is 28.3. The Morgan fingerprint density at radius 2 is 1.90 bits per heavy atom. The highest BCUT2D eigenvalue weighted by Crippen LogP contribution is 2.51. The van der Waals surface area contributed by atoms with Crippen LogP contribution in [0.1, 0.15) is 19.3 Å². The Bertz CT molecular complexity index is 393. The van der Waals surface area contributed by atoms with Crippen molar-refractivity contribution in [1.29, 1.82) is 0 Å². The number of carboxylic acids is 1. The van der Waals surface area contributed by atoms with Crippen LogP contribution in [0.4, 0.5) is 4.79 Å². The van der Waals surface area contributed by atoms with E-state index in [4.69, 9.17) is 4.74 Å². The summed E-state index contributed by atoms with van der Waals surface area (Å²) in [6.45, 7) is 7.11. The van der Waals surface area contributed by atoms with Crippen LogP contribution in [0, 0.1) is 17.8 Å². The fourth-order valence-corrected chi connectivity index (χ4v) is 4.17. The number of carboxylic acid groups (broad SMARTS) is 1. The molecule has 0 saturated heterocycles. The Morgan fingerprint density at radius 1 is 1.25 bits per heavy atom. The van der Waals surface area contributed by atoms with Gasteiger partial charge in [0.05, 0.1) is 12.5 Å². The van der Waals surface area contributed by atoms with E-state index in [2.05, 4.69) is 25.0 Å². The summed E-state index contributed by atoms with van der Waals surface area (Å²) < 4.78 is 5.19. The topological polar surface area (TPSA) is 75.6 Å². The van der Waals surface area contributed by atoms with E-state index < -0.39 is 26.1 Å². The van der Waals surface area contributed by atoms with Gasteiger partial charge >= 0.3 is 12.1 Å². The van der Waals surface area contributed by atoms with Crippen molar-refractivity contribution in [3.05, 3.63) is 0 Å².